The Morgan fingerprint density at radius 1 is 1.27 bits per heavy atom. The Hall–Kier alpha value is -0.550. The van der Waals surface area contributed by atoms with Crippen LogP contribution in [0.25, 0.3) is 0 Å². The molecule has 0 bridgehead atoms. The van der Waals surface area contributed by atoms with E-state index in [0.717, 1.165) is 12.5 Å². The van der Waals surface area contributed by atoms with Crippen molar-refractivity contribution in [1.82, 2.24) is 0 Å². The highest BCUT2D eigenvalue weighted by atomic mass is 79.9. The standard InChI is InChI=1S/C10H9BrF3N/c11-7-2-5(8-4-9(8)15)1-6(3-7)10(12,13)14/h1-3,8-9H,4,15H2/t8-,9+/m0/s1. The third-order valence-electron chi connectivity index (χ3n) is 2.52. The predicted octanol–water partition coefficient (Wildman–Crippen LogP) is 3.28. The topological polar surface area (TPSA) is 26.0 Å². The summed E-state index contributed by atoms with van der Waals surface area (Å²) in [7, 11) is 0. The van der Waals surface area contributed by atoms with Crippen molar-refractivity contribution in [2.75, 3.05) is 0 Å². The molecule has 0 spiro atoms. The number of hydrogen-bond donors (Lipinski definition) is 1. The summed E-state index contributed by atoms with van der Waals surface area (Å²) in [6, 6.07) is 3.98. The Balaban J connectivity index is 2.37. The minimum Gasteiger partial charge on any atom is -0.327 e. The molecular weight excluding hydrogens is 271 g/mol. The summed E-state index contributed by atoms with van der Waals surface area (Å²) in [5, 5.41) is 0. The second kappa shape index (κ2) is 3.49. The van der Waals surface area contributed by atoms with Gasteiger partial charge in [0.15, 0.2) is 0 Å². The zero-order valence-corrected chi connectivity index (χ0v) is 9.27. The van der Waals surface area contributed by atoms with Gasteiger partial charge in [-0.05, 0) is 30.2 Å². The van der Waals surface area contributed by atoms with Gasteiger partial charge >= 0.3 is 6.18 Å². The van der Waals surface area contributed by atoms with Gasteiger partial charge in [0.05, 0.1) is 5.56 Å². The second-order valence-electron chi connectivity index (χ2n) is 3.78. The average molecular weight is 280 g/mol. The fourth-order valence-electron chi connectivity index (χ4n) is 1.59. The van der Waals surface area contributed by atoms with Gasteiger partial charge in [0, 0.05) is 16.4 Å². The molecule has 0 unspecified atom stereocenters. The second-order valence-corrected chi connectivity index (χ2v) is 4.69. The molecule has 1 saturated carbocycles. The molecule has 5 heteroatoms. The third kappa shape index (κ3) is 2.34. The number of rotatable bonds is 1. The van der Waals surface area contributed by atoms with Crippen molar-refractivity contribution < 1.29 is 13.2 Å². The number of halogens is 4. The van der Waals surface area contributed by atoms with Crippen molar-refractivity contribution in [2.24, 2.45) is 5.73 Å². The van der Waals surface area contributed by atoms with Crippen molar-refractivity contribution in [3.63, 3.8) is 0 Å². The van der Waals surface area contributed by atoms with Crippen LogP contribution in [0.5, 0.6) is 0 Å². The van der Waals surface area contributed by atoms with Crippen LogP contribution in [0.15, 0.2) is 22.7 Å². The Kier molecular flexibility index (Phi) is 2.55. The number of alkyl halides is 3. The van der Waals surface area contributed by atoms with E-state index in [2.05, 4.69) is 15.9 Å². The molecule has 1 fully saturated rings. The van der Waals surface area contributed by atoms with Crippen LogP contribution in [0.1, 0.15) is 23.5 Å². The fraction of sp³-hybridized carbons (Fsp3) is 0.400. The summed E-state index contributed by atoms with van der Waals surface area (Å²) in [5.41, 5.74) is 5.66. The van der Waals surface area contributed by atoms with Crippen LogP contribution in [0.3, 0.4) is 0 Å². The van der Waals surface area contributed by atoms with Gasteiger partial charge in [-0.3, -0.25) is 0 Å². The lowest BCUT2D eigenvalue weighted by atomic mass is 10.1. The summed E-state index contributed by atoms with van der Waals surface area (Å²) in [6.45, 7) is 0. The van der Waals surface area contributed by atoms with E-state index in [9.17, 15) is 13.2 Å². The normalized spacial score (nSPS) is 25.4. The van der Waals surface area contributed by atoms with E-state index in [1.54, 1.807) is 6.07 Å². The summed E-state index contributed by atoms with van der Waals surface area (Å²) >= 11 is 3.08. The van der Waals surface area contributed by atoms with E-state index in [-0.39, 0.29) is 12.0 Å². The van der Waals surface area contributed by atoms with Gasteiger partial charge in [-0.1, -0.05) is 15.9 Å². The molecule has 1 aromatic carbocycles. The van der Waals surface area contributed by atoms with Gasteiger partial charge in [0.25, 0.3) is 0 Å². The third-order valence-corrected chi connectivity index (χ3v) is 2.97. The fourth-order valence-corrected chi connectivity index (χ4v) is 2.10. The van der Waals surface area contributed by atoms with Crippen LogP contribution in [0, 0.1) is 0 Å². The molecule has 2 N–H and O–H groups in total. The Morgan fingerprint density at radius 3 is 2.33 bits per heavy atom. The maximum absolute atomic E-state index is 12.5. The van der Waals surface area contributed by atoms with E-state index < -0.39 is 11.7 Å². The van der Waals surface area contributed by atoms with E-state index in [0.29, 0.717) is 10.0 Å². The van der Waals surface area contributed by atoms with Gasteiger partial charge in [-0.15, -0.1) is 0 Å². The van der Waals surface area contributed by atoms with E-state index in [4.69, 9.17) is 5.73 Å². The lowest BCUT2D eigenvalue weighted by molar-refractivity contribution is -0.137. The molecule has 1 aliphatic rings. The van der Waals surface area contributed by atoms with Crippen molar-refractivity contribution in [3.05, 3.63) is 33.8 Å². The Labute approximate surface area is 93.6 Å². The summed E-state index contributed by atoms with van der Waals surface area (Å²) in [4.78, 5) is 0. The minimum absolute atomic E-state index is 0.0142. The number of hydrogen-bond acceptors (Lipinski definition) is 1. The largest absolute Gasteiger partial charge is 0.416 e. The van der Waals surface area contributed by atoms with E-state index >= 15 is 0 Å². The van der Waals surface area contributed by atoms with Gasteiger partial charge in [-0.25, -0.2) is 0 Å². The maximum atomic E-state index is 12.5. The SMILES string of the molecule is N[C@@H]1C[C@H]1c1cc(Br)cc(C(F)(F)F)c1. The van der Waals surface area contributed by atoms with Crippen molar-refractivity contribution >= 4 is 15.9 Å². The quantitative estimate of drug-likeness (QED) is 0.839. The smallest absolute Gasteiger partial charge is 0.327 e. The van der Waals surface area contributed by atoms with Crippen LogP contribution in [0.2, 0.25) is 0 Å². The molecule has 0 heterocycles. The molecule has 2 atom stereocenters. The molecule has 0 aliphatic heterocycles. The lowest BCUT2D eigenvalue weighted by Crippen LogP contribution is -2.07. The summed E-state index contributed by atoms with van der Waals surface area (Å²) in [6.07, 6.45) is -3.52. The zero-order chi connectivity index (χ0) is 11.2. The van der Waals surface area contributed by atoms with Crippen molar-refractivity contribution in [1.29, 1.82) is 0 Å². The molecule has 0 amide bonds. The molecule has 82 valence electrons. The molecular formula is C10H9BrF3N. The van der Waals surface area contributed by atoms with Gasteiger partial charge in [0.2, 0.25) is 0 Å². The maximum Gasteiger partial charge on any atom is 0.416 e. The first-order valence-corrected chi connectivity index (χ1v) is 5.30. The molecule has 0 saturated heterocycles. The van der Waals surface area contributed by atoms with Gasteiger partial charge in [-0.2, -0.15) is 13.2 Å². The highest BCUT2D eigenvalue weighted by Gasteiger charge is 2.37. The molecule has 15 heavy (non-hydrogen) atoms. The highest BCUT2D eigenvalue weighted by Crippen LogP contribution is 2.42. The first-order valence-electron chi connectivity index (χ1n) is 4.51. The van der Waals surface area contributed by atoms with Crippen LogP contribution in [-0.4, -0.2) is 6.04 Å². The molecule has 1 aromatic rings. The van der Waals surface area contributed by atoms with E-state index in [1.165, 1.54) is 6.07 Å². The van der Waals surface area contributed by atoms with Crippen molar-refractivity contribution in [3.8, 4) is 0 Å². The number of nitrogens with two attached hydrogens (primary N) is 1. The first kappa shape index (κ1) is 11.0. The highest BCUT2D eigenvalue weighted by molar-refractivity contribution is 9.10. The lowest BCUT2D eigenvalue weighted by Gasteiger charge is -2.09. The van der Waals surface area contributed by atoms with Crippen LogP contribution >= 0.6 is 15.9 Å². The number of benzene rings is 1. The molecule has 1 aliphatic carbocycles. The average Bonchev–Trinajstić information content (AvgIpc) is 2.80. The summed E-state index contributed by atoms with van der Waals surface area (Å²) in [5.74, 6) is 0.0867. The molecule has 0 aromatic heterocycles. The zero-order valence-electron chi connectivity index (χ0n) is 7.68. The first-order chi connectivity index (χ1) is 6.88. The van der Waals surface area contributed by atoms with Crippen LogP contribution in [-0.2, 0) is 6.18 Å². The van der Waals surface area contributed by atoms with E-state index in [1.807, 2.05) is 0 Å². The van der Waals surface area contributed by atoms with Crippen molar-refractivity contribution in [2.45, 2.75) is 24.6 Å². The molecule has 2 rings (SSSR count). The molecule has 1 nitrogen and oxygen atoms in total. The Morgan fingerprint density at radius 2 is 1.87 bits per heavy atom. The van der Waals surface area contributed by atoms with Gasteiger partial charge in [0.1, 0.15) is 0 Å². The predicted molar refractivity (Wildman–Crippen MR) is 54.5 cm³/mol. The van der Waals surface area contributed by atoms with Gasteiger partial charge < -0.3 is 5.73 Å². The monoisotopic (exact) mass is 279 g/mol. The molecule has 0 radical (unpaired) electrons. The minimum atomic E-state index is -4.29. The van der Waals surface area contributed by atoms with Crippen LogP contribution in [0.4, 0.5) is 13.2 Å². The summed E-state index contributed by atoms with van der Waals surface area (Å²) < 4.78 is 37.9. The van der Waals surface area contributed by atoms with Crippen LogP contribution < -0.4 is 5.73 Å². The Bertz CT molecular complexity index is 389.